The van der Waals surface area contributed by atoms with Crippen LogP contribution in [0.2, 0.25) is 0 Å². The molecule has 7 heteroatoms. The quantitative estimate of drug-likeness (QED) is 0.704. The Labute approximate surface area is 171 Å². The van der Waals surface area contributed by atoms with Crippen LogP contribution in [0, 0.1) is 0 Å². The van der Waals surface area contributed by atoms with Gasteiger partial charge in [0, 0.05) is 36.9 Å². The predicted molar refractivity (Wildman–Crippen MR) is 114 cm³/mol. The van der Waals surface area contributed by atoms with Crippen LogP contribution in [-0.4, -0.2) is 39.0 Å². The van der Waals surface area contributed by atoms with Crippen LogP contribution in [0.25, 0.3) is 0 Å². The average Bonchev–Trinajstić information content (AvgIpc) is 3.50. The van der Waals surface area contributed by atoms with E-state index in [0.717, 1.165) is 36.3 Å². The van der Waals surface area contributed by atoms with Crippen molar-refractivity contribution in [1.29, 1.82) is 0 Å². The lowest BCUT2D eigenvalue weighted by Gasteiger charge is -2.28. The van der Waals surface area contributed by atoms with Crippen LogP contribution in [0.3, 0.4) is 0 Å². The molecule has 1 aliphatic carbocycles. The summed E-state index contributed by atoms with van der Waals surface area (Å²) in [6.07, 6.45) is 6.25. The molecule has 1 aromatic carbocycles. The zero-order chi connectivity index (χ0) is 19.5. The van der Waals surface area contributed by atoms with Gasteiger partial charge < -0.3 is 14.8 Å². The molecule has 1 aliphatic heterocycles. The highest BCUT2D eigenvalue weighted by Crippen LogP contribution is 2.40. The van der Waals surface area contributed by atoms with E-state index in [1.54, 1.807) is 0 Å². The van der Waals surface area contributed by atoms with E-state index in [9.17, 15) is 4.79 Å². The second-order valence-corrected chi connectivity index (χ2v) is 9.01. The van der Waals surface area contributed by atoms with Crippen molar-refractivity contribution in [2.75, 3.05) is 23.3 Å². The summed E-state index contributed by atoms with van der Waals surface area (Å²) >= 11 is 1.48. The SMILES string of the molecule is CCn1c(S[C@H](C)C(=O)Nc2ccc(N3CCCCC3)cc2)nnc1C1CC1. The molecular formula is C21H29N5OS. The summed E-state index contributed by atoms with van der Waals surface area (Å²) in [5, 5.41) is 12.3. The second-order valence-electron chi connectivity index (χ2n) is 7.70. The van der Waals surface area contributed by atoms with Crippen LogP contribution < -0.4 is 10.2 Å². The number of aromatic nitrogens is 3. The van der Waals surface area contributed by atoms with Crippen LogP contribution in [0.1, 0.15) is 57.7 Å². The Morgan fingerprint density at radius 2 is 1.89 bits per heavy atom. The molecule has 1 saturated heterocycles. The third-order valence-corrected chi connectivity index (χ3v) is 6.59. The van der Waals surface area contributed by atoms with Gasteiger partial charge in [-0.2, -0.15) is 0 Å². The van der Waals surface area contributed by atoms with E-state index >= 15 is 0 Å². The number of thioether (sulfide) groups is 1. The van der Waals surface area contributed by atoms with Crippen molar-refractivity contribution < 1.29 is 4.79 Å². The van der Waals surface area contributed by atoms with E-state index in [4.69, 9.17) is 0 Å². The number of amides is 1. The fourth-order valence-corrected chi connectivity index (χ4v) is 4.61. The first-order valence-electron chi connectivity index (χ1n) is 10.4. The number of hydrogen-bond acceptors (Lipinski definition) is 5. The molecule has 1 N–H and O–H groups in total. The molecule has 1 aromatic heterocycles. The third-order valence-electron chi connectivity index (χ3n) is 5.51. The number of carbonyl (C=O) groups excluding carboxylic acids is 1. The molecule has 0 bridgehead atoms. The molecule has 28 heavy (non-hydrogen) atoms. The molecule has 1 amide bonds. The monoisotopic (exact) mass is 399 g/mol. The molecule has 4 rings (SSSR count). The van der Waals surface area contributed by atoms with Crippen LogP contribution in [0.15, 0.2) is 29.4 Å². The van der Waals surface area contributed by atoms with Crippen LogP contribution in [-0.2, 0) is 11.3 Å². The second kappa shape index (κ2) is 8.55. The number of carbonyl (C=O) groups is 1. The predicted octanol–water partition coefficient (Wildman–Crippen LogP) is 4.29. The van der Waals surface area contributed by atoms with Crippen LogP contribution >= 0.6 is 11.8 Å². The summed E-state index contributed by atoms with van der Waals surface area (Å²) in [4.78, 5) is 15.1. The number of nitrogens with one attached hydrogen (secondary N) is 1. The van der Waals surface area contributed by atoms with Crippen molar-refractivity contribution in [3.05, 3.63) is 30.1 Å². The summed E-state index contributed by atoms with van der Waals surface area (Å²) in [5.41, 5.74) is 2.08. The molecule has 150 valence electrons. The van der Waals surface area contributed by atoms with Gasteiger partial charge in [0.2, 0.25) is 5.91 Å². The van der Waals surface area contributed by atoms with Gasteiger partial charge >= 0.3 is 0 Å². The normalized spacial score (nSPS) is 18.1. The summed E-state index contributed by atoms with van der Waals surface area (Å²) < 4.78 is 2.15. The molecule has 0 unspecified atom stereocenters. The first-order chi connectivity index (χ1) is 13.7. The molecule has 1 atom stereocenters. The summed E-state index contributed by atoms with van der Waals surface area (Å²) in [7, 11) is 0. The Morgan fingerprint density at radius 3 is 2.54 bits per heavy atom. The van der Waals surface area contributed by atoms with Crippen molar-refractivity contribution in [3.8, 4) is 0 Å². The van der Waals surface area contributed by atoms with E-state index in [2.05, 4.69) is 44.0 Å². The van der Waals surface area contributed by atoms with E-state index < -0.39 is 0 Å². The number of nitrogens with zero attached hydrogens (tertiary/aromatic N) is 4. The highest BCUT2D eigenvalue weighted by Gasteiger charge is 2.30. The van der Waals surface area contributed by atoms with Gasteiger partial charge in [-0.1, -0.05) is 11.8 Å². The van der Waals surface area contributed by atoms with E-state index in [0.29, 0.717) is 5.92 Å². The molecule has 1 saturated carbocycles. The molecule has 2 fully saturated rings. The van der Waals surface area contributed by atoms with Gasteiger partial charge in [0.25, 0.3) is 0 Å². The molecule has 2 aromatic rings. The highest BCUT2D eigenvalue weighted by molar-refractivity contribution is 8.00. The van der Waals surface area contributed by atoms with Crippen molar-refractivity contribution in [3.63, 3.8) is 0 Å². The topological polar surface area (TPSA) is 63.1 Å². The number of benzene rings is 1. The third kappa shape index (κ3) is 4.35. The maximum atomic E-state index is 12.7. The Balaban J connectivity index is 1.35. The van der Waals surface area contributed by atoms with E-state index in [1.807, 2.05) is 19.1 Å². The Morgan fingerprint density at radius 1 is 1.18 bits per heavy atom. The van der Waals surface area contributed by atoms with Crippen molar-refractivity contribution in [1.82, 2.24) is 14.8 Å². The molecular weight excluding hydrogens is 370 g/mol. The Bertz CT molecular complexity index is 809. The average molecular weight is 400 g/mol. The van der Waals surface area contributed by atoms with E-state index in [-0.39, 0.29) is 11.2 Å². The summed E-state index contributed by atoms with van der Waals surface area (Å²) in [6.45, 7) is 7.12. The van der Waals surface area contributed by atoms with Gasteiger partial charge in [-0.25, -0.2) is 0 Å². The summed E-state index contributed by atoms with van der Waals surface area (Å²) in [5.74, 6) is 1.63. The summed E-state index contributed by atoms with van der Waals surface area (Å²) in [6, 6.07) is 8.21. The minimum absolute atomic E-state index is 0.00523. The van der Waals surface area contributed by atoms with E-state index in [1.165, 1.54) is 49.6 Å². The number of piperidine rings is 1. The number of rotatable bonds is 7. The lowest BCUT2D eigenvalue weighted by Crippen LogP contribution is -2.29. The van der Waals surface area contributed by atoms with Crippen molar-refractivity contribution in [2.45, 2.75) is 68.8 Å². The standard InChI is InChI=1S/C21H29N5OS/c1-3-26-19(16-7-8-16)23-24-21(26)28-15(2)20(27)22-17-9-11-18(12-10-17)25-13-5-4-6-14-25/h9-12,15-16H,3-8,13-14H2,1-2H3,(H,22,27)/t15-/m1/s1. The first kappa shape index (κ1) is 19.3. The fourth-order valence-electron chi connectivity index (χ4n) is 3.69. The molecule has 2 aliphatic rings. The van der Waals surface area contributed by atoms with Crippen LogP contribution in [0.4, 0.5) is 11.4 Å². The maximum absolute atomic E-state index is 12.7. The van der Waals surface area contributed by atoms with Gasteiger partial charge in [0.1, 0.15) is 5.82 Å². The van der Waals surface area contributed by atoms with Gasteiger partial charge in [-0.3, -0.25) is 4.79 Å². The smallest absolute Gasteiger partial charge is 0.237 e. The lowest BCUT2D eigenvalue weighted by molar-refractivity contribution is -0.115. The minimum atomic E-state index is -0.233. The van der Waals surface area contributed by atoms with Crippen molar-refractivity contribution >= 4 is 29.0 Å². The largest absolute Gasteiger partial charge is 0.372 e. The van der Waals surface area contributed by atoms with Crippen molar-refractivity contribution in [2.24, 2.45) is 0 Å². The van der Waals surface area contributed by atoms with Gasteiger partial charge in [0.05, 0.1) is 5.25 Å². The molecule has 0 spiro atoms. The highest BCUT2D eigenvalue weighted by atomic mass is 32.2. The van der Waals surface area contributed by atoms with Gasteiger partial charge in [-0.15, -0.1) is 10.2 Å². The molecule has 2 heterocycles. The lowest BCUT2D eigenvalue weighted by atomic mass is 10.1. The van der Waals surface area contributed by atoms with Crippen LogP contribution in [0.5, 0.6) is 0 Å². The zero-order valence-corrected chi connectivity index (χ0v) is 17.5. The number of hydrogen-bond donors (Lipinski definition) is 1. The molecule has 0 radical (unpaired) electrons. The zero-order valence-electron chi connectivity index (χ0n) is 16.7. The fraction of sp³-hybridized carbons (Fsp3) is 0.571. The number of anilines is 2. The minimum Gasteiger partial charge on any atom is -0.372 e. The first-order valence-corrected chi connectivity index (χ1v) is 11.3. The Kier molecular flexibility index (Phi) is 5.90. The molecule has 6 nitrogen and oxygen atoms in total. The van der Waals surface area contributed by atoms with Gasteiger partial charge in [0.15, 0.2) is 5.16 Å². The van der Waals surface area contributed by atoms with Gasteiger partial charge in [-0.05, 0) is 70.2 Å². The maximum Gasteiger partial charge on any atom is 0.237 e. The Hall–Kier alpha value is -2.02.